The number of amides is 1. The maximum Gasteiger partial charge on any atom is 0.333 e. The van der Waals surface area contributed by atoms with E-state index in [2.05, 4.69) is 16.3 Å². The van der Waals surface area contributed by atoms with Crippen molar-refractivity contribution in [3.63, 3.8) is 0 Å². The number of carbonyl (C=O) groups excluding carboxylic acids is 1. The quantitative estimate of drug-likeness (QED) is 0.305. The number of halogens is 1. The first-order valence-electron chi connectivity index (χ1n) is 12.2. The summed E-state index contributed by atoms with van der Waals surface area (Å²) in [4.78, 5) is 41.8. The summed E-state index contributed by atoms with van der Waals surface area (Å²) in [7, 11) is 1.41. The summed E-state index contributed by atoms with van der Waals surface area (Å²) in [5.41, 5.74) is 3.19. The highest BCUT2D eigenvalue weighted by molar-refractivity contribution is 7.21. The smallest absolute Gasteiger partial charge is 0.333 e. The number of nitrogens with two attached hydrogens (primary N) is 1. The van der Waals surface area contributed by atoms with E-state index in [9.17, 15) is 24.0 Å². The van der Waals surface area contributed by atoms with Gasteiger partial charge in [0.05, 0.1) is 50.0 Å². The SMILES string of the molecule is COc1ccc(F)cc1[C@H](Cn1c(=O)n(C(C)(C)C(N)=O)c(=O)c2c(C)c(-n3nccn3)sc21)OC[C@H](C)C#N. The van der Waals surface area contributed by atoms with Crippen LogP contribution in [-0.4, -0.2) is 43.8 Å². The van der Waals surface area contributed by atoms with Crippen molar-refractivity contribution in [3.8, 4) is 16.8 Å². The van der Waals surface area contributed by atoms with Crippen LogP contribution in [0.5, 0.6) is 5.75 Å². The molecule has 3 aromatic heterocycles. The number of rotatable bonds is 10. The lowest BCUT2D eigenvalue weighted by Crippen LogP contribution is -2.54. The second-order valence-corrected chi connectivity index (χ2v) is 10.7. The highest BCUT2D eigenvalue weighted by Gasteiger charge is 2.35. The lowest BCUT2D eigenvalue weighted by Gasteiger charge is -2.26. The Labute approximate surface area is 232 Å². The average molecular weight is 570 g/mol. The van der Waals surface area contributed by atoms with Crippen LogP contribution >= 0.6 is 11.3 Å². The molecule has 14 heteroatoms. The molecule has 0 saturated carbocycles. The Kier molecular flexibility index (Phi) is 7.90. The molecule has 0 aliphatic heterocycles. The number of methoxy groups -OCH3 is 1. The Morgan fingerprint density at radius 2 is 1.95 bits per heavy atom. The van der Waals surface area contributed by atoms with Gasteiger partial charge in [0.2, 0.25) is 5.91 Å². The molecule has 0 aliphatic carbocycles. The number of primary amides is 1. The first-order chi connectivity index (χ1) is 18.9. The molecule has 0 radical (unpaired) electrons. The van der Waals surface area contributed by atoms with Crippen LogP contribution in [0.3, 0.4) is 0 Å². The van der Waals surface area contributed by atoms with Gasteiger partial charge in [0.25, 0.3) is 5.56 Å². The number of aryl methyl sites for hydroxylation is 1. The Hall–Kier alpha value is -4.35. The van der Waals surface area contributed by atoms with Crippen LogP contribution in [0.1, 0.15) is 38.0 Å². The molecule has 40 heavy (non-hydrogen) atoms. The summed E-state index contributed by atoms with van der Waals surface area (Å²) in [6, 6.07) is 5.97. The van der Waals surface area contributed by atoms with Crippen LogP contribution in [0.25, 0.3) is 15.2 Å². The Bertz CT molecular complexity index is 1730. The Morgan fingerprint density at radius 3 is 2.55 bits per heavy atom. The first-order valence-corrected chi connectivity index (χ1v) is 13.0. The van der Waals surface area contributed by atoms with Crippen molar-refractivity contribution in [2.45, 2.75) is 45.9 Å². The van der Waals surface area contributed by atoms with Crippen molar-refractivity contribution in [2.75, 3.05) is 13.7 Å². The molecule has 4 aromatic rings. The number of nitrogens with zero attached hydrogens (tertiary/aromatic N) is 6. The van der Waals surface area contributed by atoms with Gasteiger partial charge in [0.15, 0.2) is 0 Å². The summed E-state index contributed by atoms with van der Waals surface area (Å²) in [5, 5.41) is 18.3. The third-order valence-corrected chi connectivity index (χ3v) is 7.89. The molecule has 0 unspecified atom stereocenters. The minimum atomic E-state index is -1.69. The maximum absolute atomic E-state index is 14.4. The summed E-state index contributed by atoms with van der Waals surface area (Å²) in [6.07, 6.45) is 1.96. The fraction of sp³-hybridized carbons (Fsp3) is 0.385. The molecule has 0 spiro atoms. The molecule has 12 nitrogen and oxygen atoms in total. The number of hydrogen-bond donors (Lipinski definition) is 1. The second kappa shape index (κ2) is 11.0. The molecule has 0 saturated heterocycles. The number of carbonyl (C=O) groups is 1. The van der Waals surface area contributed by atoms with E-state index in [0.717, 1.165) is 15.9 Å². The largest absolute Gasteiger partial charge is 0.496 e. The normalized spacial score (nSPS) is 13.2. The molecule has 3 heterocycles. The minimum Gasteiger partial charge on any atom is -0.496 e. The van der Waals surface area contributed by atoms with Gasteiger partial charge in [-0.2, -0.15) is 15.5 Å². The lowest BCUT2D eigenvalue weighted by atomic mass is 10.0. The van der Waals surface area contributed by atoms with E-state index in [1.165, 1.54) is 60.9 Å². The molecule has 2 atom stereocenters. The molecule has 210 valence electrons. The van der Waals surface area contributed by atoms with Gasteiger partial charge in [0.1, 0.15) is 33.0 Å². The standard InChI is InChI=1S/C26H28FN7O5S/c1-14(11-28)13-39-19(17-10-16(27)6-7-18(17)38-5)12-32-23-20(15(2)22(40-23)34-30-8-9-31-34)21(35)33(25(32)37)26(3,4)24(29)36/h6-10,14,19H,12-13H2,1-5H3,(H2,29,36)/t14-,19+/m1/s1. The van der Waals surface area contributed by atoms with Gasteiger partial charge < -0.3 is 15.2 Å². The van der Waals surface area contributed by atoms with Gasteiger partial charge in [-0.25, -0.2) is 13.8 Å². The molecular formula is C26H28FN7O5S. The first kappa shape index (κ1) is 28.7. The lowest BCUT2D eigenvalue weighted by molar-refractivity contribution is -0.125. The molecule has 0 fully saturated rings. The fourth-order valence-corrected chi connectivity index (χ4v) is 5.49. The number of nitriles is 1. The molecule has 1 aromatic carbocycles. The highest BCUT2D eigenvalue weighted by Crippen LogP contribution is 2.34. The van der Waals surface area contributed by atoms with E-state index in [-0.39, 0.29) is 23.4 Å². The van der Waals surface area contributed by atoms with Crippen LogP contribution in [-0.2, 0) is 21.6 Å². The Balaban J connectivity index is 2.04. The molecule has 0 bridgehead atoms. The minimum absolute atomic E-state index is 0.0307. The third kappa shape index (κ3) is 5.01. The van der Waals surface area contributed by atoms with Crippen LogP contribution < -0.4 is 21.7 Å². The number of hydrogen-bond acceptors (Lipinski definition) is 9. The monoisotopic (exact) mass is 569 g/mol. The van der Waals surface area contributed by atoms with Crippen LogP contribution in [0.4, 0.5) is 4.39 Å². The molecule has 4 rings (SSSR count). The number of aromatic nitrogens is 5. The zero-order valence-corrected chi connectivity index (χ0v) is 23.4. The van der Waals surface area contributed by atoms with Crippen molar-refractivity contribution in [1.82, 2.24) is 24.1 Å². The van der Waals surface area contributed by atoms with E-state index >= 15 is 0 Å². The van der Waals surface area contributed by atoms with Crippen LogP contribution in [0.2, 0.25) is 0 Å². The molecule has 2 N–H and O–H groups in total. The zero-order valence-electron chi connectivity index (χ0n) is 22.5. The van der Waals surface area contributed by atoms with Crippen molar-refractivity contribution in [3.05, 3.63) is 68.4 Å². The fourth-order valence-electron chi connectivity index (χ4n) is 4.27. The van der Waals surface area contributed by atoms with Gasteiger partial charge in [-0.1, -0.05) is 11.3 Å². The van der Waals surface area contributed by atoms with Gasteiger partial charge in [-0.05, 0) is 45.9 Å². The third-order valence-electron chi connectivity index (χ3n) is 6.60. The Morgan fingerprint density at radius 1 is 1.27 bits per heavy atom. The number of benzene rings is 1. The summed E-state index contributed by atoms with van der Waals surface area (Å²) in [6.45, 7) is 5.86. The molecular weight excluding hydrogens is 541 g/mol. The summed E-state index contributed by atoms with van der Waals surface area (Å²) in [5.74, 6) is -1.66. The van der Waals surface area contributed by atoms with Crippen LogP contribution in [0.15, 0.2) is 40.2 Å². The number of thiophene rings is 1. The van der Waals surface area contributed by atoms with E-state index in [1.807, 2.05) is 0 Å². The zero-order chi connectivity index (χ0) is 29.4. The predicted octanol–water partition coefficient (Wildman–Crippen LogP) is 2.40. The molecule has 0 aliphatic rings. The predicted molar refractivity (Wildman–Crippen MR) is 145 cm³/mol. The highest BCUT2D eigenvalue weighted by atomic mass is 32.1. The van der Waals surface area contributed by atoms with Gasteiger partial charge >= 0.3 is 5.69 Å². The van der Waals surface area contributed by atoms with Crippen molar-refractivity contribution >= 4 is 27.5 Å². The van der Waals surface area contributed by atoms with Crippen molar-refractivity contribution in [1.29, 1.82) is 5.26 Å². The second-order valence-electron chi connectivity index (χ2n) is 9.73. The van der Waals surface area contributed by atoms with Crippen LogP contribution in [0, 0.1) is 30.0 Å². The van der Waals surface area contributed by atoms with E-state index in [4.69, 9.17) is 15.2 Å². The van der Waals surface area contributed by atoms with Crippen molar-refractivity contribution < 1.29 is 18.7 Å². The number of ether oxygens (including phenoxy) is 2. The average Bonchev–Trinajstić information content (AvgIpc) is 3.56. The molecule has 1 amide bonds. The van der Waals surface area contributed by atoms with E-state index in [1.54, 1.807) is 13.8 Å². The van der Waals surface area contributed by atoms with Gasteiger partial charge in [-0.3, -0.25) is 14.2 Å². The summed E-state index contributed by atoms with van der Waals surface area (Å²) >= 11 is 1.10. The topological polar surface area (TPSA) is 160 Å². The summed E-state index contributed by atoms with van der Waals surface area (Å²) < 4.78 is 28.0. The van der Waals surface area contributed by atoms with Gasteiger partial charge in [0, 0.05) is 11.1 Å². The van der Waals surface area contributed by atoms with E-state index < -0.39 is 40.5 Å². The number of fused-ring (bicyclic) bond motifs is 1. The van der Waals surface area contributed by atoms with E-state index in [0.29, 0.717) is 21.9 Å². The van der Waals surface area contributed by atoms with Crippen molar-refractivity contribution in [2.24, 2.45) is 11.7 Å². The van der Waals surface area contributed by atoms with Gasteiger partial charge in [-0.15, -0.1) is 4.80 Å². The maximum atomic E-state index is 14.4.